The highest BCUT2D eigenvalue weighted by Gasteiger charge is 2.12. The molecule has 5 heteroatoms. The summed E-state index contributed by atoms with van der Waals surface area (Å²) < 4.78 is 21.5. The lowest BCUT2D eigenvalue weighted by Gasteiger charge is -2.09. The molecule has 0 atom stereocenters. The summed E-state index contributed by atoms with van der Waals surface area (Å²) in [5.41, 5.74) is 2.44. The molecule has 1 aromatic rings. The second kappa shape index (κ2) is 5.98. The highest BCUT2D eigenvalue weighted by Crippen LogP contribution is 2.21. The van der Waals surface area contributed by atoms with Crippen LogP contribution in [-0.4, -0.2) is 13.7 Å². The molecular formula is C12H13ClO3S. The van der Waals surface area contributed by atoms with E-state index in [0.717, 1.165) is 11.1 Å². The van der Waals surface area contributed by atoms with Crippen molar-refractivity contribution in [1.29, 1.82) is 0 Å². The first-order valence-electron chi connectivity index (χ1n) is 5.09. The van der Waals surface area contributed by atoms with Gasteiger partial charge in [-0.25, -0.2) is 8.42 Å². The summed E-state index contributed by atoms with van der Waals surface area (Å²) in [6.45, 7) is 5.54. The van der Waals surface area contributed by atoms with Gasteiger partial charge in [-0.2, -0.15) is 0 Å². The smallest absolute Gasteiger partial charge is 0.252 e. The number of halogens is 1. The minimum absolute atomic E-state index is 0.113. The molecule has 0 radical (unpaired) electrons. The monoisotopic (exact) mass is 272 g/mol. The van der Waals surface area contributed by atoms with Crippen LogP contribution in [-0.2, 0) is 22.9 Å². The molecule has 0 spiro atoms. The van der Waals surface area contributed by atoms with E-state index in [1.165, 1.54) is 6.07 Å². The summed E-state index contributed by atoms with van der Waals surface area (Å²) in [6, 6.07) is 3.30. The number of carbonyl (C=O) groups is 1. The van der Waals surface area contributed by atoms with Crippen LogP contribution < -0.4 is 0 Å². The number of hydrogen-bond acceptors (Lipinski definition) is 3. The minimum atomic E-state index is -2.55. The Morgan fingerprint density at radius 2 is 2.06 bits per heavy atom. The van der Waals surface area contributed by atoms with E-state index in [0.29, 0.717) is 17.5 Å². The third-order valence-corrected chi connectivity index (χ3v) is 3.28. The van der Waals surface area contributed by atoms with Gasteiger partial charge < -0.3 is 0 Å². The third kappa shape index (κ3) is 3.41. The molecule has 0 saturated carbocycles. The topological polar surface area (TPSA) is 51.2 Å². The van der Waals surface area contributed by atoms with Gasteiger partial charge >= 0.3 is 0 Å². The summed E-state index contributed by atoms with van der Waals surface area (Å²) in [5.74, 6) is -0.113. The van der Waals surface area contributed by atoms with Crippen molar-refractivity contribution in [2.45, 2.75) is 19.1 Å². The number of hydrogen-bond donors (Lipinski definition) is 1. The van der Waals surface area contributed by atoms with Gasteiger partial charge in [0.15, 0.2) is 0 Å². The molecule has 0 bridgehead atoms. The van der Waals surface area contributed by atoms with Gasteiger partial charge in [-0.3, -0.25) is 4.79 Å². The fourth-order valence-electron chi connectivity index (χ4n) is 1.65. The van der Waals surface area contributed by atoms with Crippen molar-refractivity contribution in [3.8, 4) is 0 Å². The van der Waals surface area contributed by atoms with Crippen molar-refractivity contribution < 1.29 is 13.2 Å². The molecule has 0 aliphatic heterocycles. The number of rotatable bonds is 5. The Bertz CT molecular complexity index is 525. The van der Waals surface area contributed by atoms with Crippen LogP contribution in [0.5, 0.6) is 0 Å². The number of carbonyl (C=O) groups excluding carboxylic acids is 1. The van der Waals surface area contributed by atoms with Crippen molar-refractivity contribution in [2.24, 2.45) is 0 Å². The first-order valence-corrected chi connectivity index (χ1v) is 6.83. The Morgan fingerprint density at radius 3 is 2.47 bits per heavy atom. The normalized spacial score (nSPS) is 10.5. The van der Waals surface area contributed by atoms with E-state index in [1.54, 1.807) is 12.1 Å². The predicted octanol–water partition coefficient (Wildman–Crippen LogP) is 2.38. The van der Waals surface area contributed by atoms with Crippen LogP contribution in [0, 0.1) is 0 Å². The van der Waals surface area contributed by atoms with Crippen molar-refractivity contribution in [3.05, 3.63) is 41.0 Å². The van der Waals surface area contributed by atoms with E-state index in [-0.39, 0.29) is 5.75 Å². The molecule has 92 valence electrons. The Balaban J connectivity index is 3.43. The minimum Gasteiger partial charge on any atom is -0.276 e. The molecule has 0 aliphatic carbocycles. The summed E-state index contributed by atoms with van der Waals surface area (Å²) in [6.07, 6.45) is 2.23. The van der Waals surface area contributed by atoms with Crippen molar-refractivity contribution in [3.63, 3.8) is 0 Å². The molecule has 1 aromatic carbocycles. The summed E-state index contributed by atoms with van der Waals surface area (Å²) in [5, 5.41) is -0.570. The van der Waals surface area contributed by atoms with E-state index in [4.69, 9.17) is 11.6 Å². The second-order valence-corrected chi connectivity index (χ2v) is 4.86. The largest absolute Gasteiger partial charge is 0.276 e. The Hall–Kier alpha value is -1.13. The third-order valence-electron chi connectivity index (χ3n) is 2.48. The lowest BCUT2D eigenvalue weighted by Crippen LogP contribution is -2.02. The summed E-state index contributed by atoms with van der Waals surface area (Å²) in [4.78, 5) is 11.3. The molecule has 0 fully saturated rings. The molecule has 0 heterocycles. The molecule has 0 amide bonds. The fourth-order valence-corrected chi connectivity index (χ4v) is 2.38. The van der Waals surface area contributed by atoms with Gasteiger partial charge in [-0.1, -0.05) is 25.6 Å². The van der Waals surface area contributed by atoms with E-state index in [1.807, 2.05) is 6.92 Å². The maximum atomic E-state index is 11.3. The van der Waals surface area contributed by atoms with Gasteiger partial charge in [-0.15, -0.1) is 0 Å². The van der Waals surface area contributed by atoms with Crippen molar-refractivity contribution >= 4 is 33.6 Å². The van der Waals surface area contributed by atoms with E-state index in [2.05, 4.69) is 6.58 Å². The zero-order valence-corrected chi connectivity index (χ0v) is 11.1. The van der Waals surface area contributed by atoms with Crippen LogP contribution in [0.3, 0.4) is 0 Å². The molecule has 0 unspecified atom stereocenters. The van der Waals surface area contributed by atoms with E-state index < -0.39 is 15.9 Å². The lowest BCUT2D eigenvalue weighted by molar-refractivity contribution is 0.108. The first kappa shape index (κ1) is 13.9. The quantitative estimate of drug-likeness (QED) is 0.661. The van der Waals surface area contributed by atoms with Gasteiger partial charge in [-0.05, 0) is 40.8 Å². The average molecular weight is 273 g/mol. The molecule has 0 N–H and O–H groups in total. The van der Waals surface area contributed by atoms with E-state index >= 15 is 0 Å². The molecule has 0 aliphatic rings. The molecule has 3 nitrogen and oxygen atoms in total. The number of thiol groups is 1. The van der Waals surface area contributed by atoms with Gasteiger partial charge in [0, 0.05) is 5.56 Å². The SMILES string of the molecule is C=Cc1cc(CC)c(C(=O)Cl)cc1C[SH](=O)=O. The van der Waals surface area contributed by atoms with Crippen LogP contribution in [0.15, 0.2) is 18.7 Å². The van der Waals surface area contributed by atoms with Gasteiger partial charge in [0.25, 0.3) is 5.24 Å². The van der Waals surface area contributed by atoms with Gasteiger partial charge in [0.05, 0.1) is 5.75 Å². The summed E-state index contributed by atoms with van der Waals surface area (Å²) >= 11 is 5.48. The second-order valence-electron chi connectivity index (χ2n) is 3.53. The zero-order valence-electron chi connectivity index (χ0n) is 9.40. The molecule has 17 heavy (non-hydrogen) atoms. The van der Waals surface area contributed by atoms with Crippen LogP contribution in [0.25, 0.3) is 6.08 Å². The molecule has 0 aromatic heterocycles. The van der Waals surface area contributed by atoms with Crippen LogP contribution >= 0.6 is 11.6 Å². The Labute approximate surface area is 107 Å². The van der Waals surface area contributed by atoms with Crippen molar-refractivity contribution in [1.82, 2.24) is 0 Å². The maximum Gasteiger partial charge on any atom is 0.252 e. The summed E-state index contributed by atoms with van der Waals surface area (Å²) in [7, 11) is -2.55. The predicted molar refractivity (Wildman–Crippen MR) is 70.1 cm³/mol. The number of aryl methyl sites for hydroxylation is 1. The molecular weight excluding hydrogens is 260 g/mol. The van der Waals surface area contributed by atoms with Gasteiger partial charge in [0.2, 0.25) is 0 Å². The Morgan fingerprint density at radius 1 is 1.41 bits per heavy atom. The van der Waals surface area contributed by atoms with E-state index in [9.17, 15) is 13.2 Å². The molecule has 0 saturated heterocycles. The van der Waals surface area contributed by atoms with Crippen LogP contribution in [0.4, 0.5) is 0 Å². The van der Waals surface area contributed by atoms with Gasteiger partial charge in [0.1, 0.15) is 10.7 Å². The Kier molecular flexibility index (Phi) is 4.90. The fraction of sp³-hybridized carbons (Fsp3) is 0.250. The standard InChI is InChI=1S/C12H13ClO3S/c1-3-8-5-9(4-2)11(12(13)14)6-10(8)7-17(15)16/h3,5-6,17H,1,4,7H2,2H3. The highest BCUT2D eigenvalue weighted by atomic mass is 35.5. The maximum absolute atomic E-state index is 11.3. The number of benzene rings is 1. The zero-order chi connectivity index (χ0) is 13.0. The van der Waals surface area contributed by atoms with Crippen molar-refractivity contribution in [2.75, 3.05) is 0 Å². The first-order chi connectivity index (χ1) is 7.99. The van der Waals surface area contributed by atoms with Crippen LogP contribution in [0.2, 0.25) is 0 Å². The average Bonchev–Trinajstić information content (AvgIpc) is 2.27. The molecule has 1 rings (SSSR count). The highest BCUT2D eigenvalue weighted by molar-refractivity contribution is 7.71. The van der Waals surface area contributed by atoms with Crippen LogP contribution in [0.1, 0.15) is 34.0 Å². The lowest BCUT2D eigenvalue weighted by atomic mass is 9.98.